The van der Waals surface area contributed by atoms with Crippen molar-refractivity contribution in [1.29, 1.82) is 0 Å². The predicted molar refractivity (Wildman–Crippen MR) is 127 cm³/mol. The number of hydroxylamine groups is 1. The molecular weight excluding hydrogens is 575 g/mol. The maximum Gasteiger partial charge on any atom is 0.573 e. The third-order valence-corrected chi connectivity index (χ3v) is 4.26. The highest BCUT2D eigenvalue weighted by Gasteiger charge is 2.36. The Morgan fingerprint density at radius 2 is 1.47 bits per heavy atom. The van der Waals surface area contributed by atoms with Crippen LogP contribution < -0.4 is 15.1 Å². The van der Waals surface area contributed by atoms with E-state index in [4.69, 9.17) is 33.3 Å². The Hall–Kier alpha value is -3.30. The van der Waals surface area contributed by atoms with Crippen LogP contribution in [0.3, 0.4) is 0 Å². The minimum Gasteiger partial charge on any atom is -0.403 e. The molecule has 17 heteroatoms. The molecule has 2 aromatic carbocycles. The Kier molecular flexibility index (Phi) is 13.3. The van der Waals surface area contributed by atoms with Crippen LogP contribution in [-0.2, 0) is 14.4 Å². The molecule has 0 aliphatic heterocycles. The molecular formula is C21H21Cl2F6N3O6. The van der Waals surface area contributed by atoms with E-state index in [9.17, 15) is 35.9 Å². The van der Waals surface area contributed by atoms with Crippen molar-refractivity contribution in [2.24, 2.45) is 0 Å². The monoisotopic (exact) mass is 595 g/mol. The van der Waals surface area contributed by atoms with Crippen LogP contribution in [0, 0.1) is 24.0 Å². The number of nitrogens with one attached hydrogen (secondary N) is 1. The van der Waals surface area contributed by atoms with Crippen LogP contribution in [0.1, 0.15) is 25.0 Å². The van der Waals surface area contributed by atoms with Gasteiger partial charge in [-0.25, -0.2) is 0 Å². The number of anilines is 2. The molecule has 2 aromatic rings. The Labute approximate surface area is 222 Å². The first-order chi connectivity index (χ1) is 17.1. The molecule has 0 spiro atoms. The minimum absolute atomic E-state index is 0.00458. The maximum atomic E-state index is 12.2. The molecule has 9 nitrogen and oxygen atoms in total. The van der Waals surface area contributed by atoms with E-state index in [2.05, 4.69) is 14.9 Å². The van der Waals surface area contributed by atoms with E-state index in [1.54, 1.807) is 13.0 Å². The first-order valence-corrected chi connectivity index (χ1v) is 10.6. The van der Waals surface area contributed by atoms with Crippen molar-refractivity contribution in [3.63, 3.8) is 0 Å². The lowest BCUT2D eigenvalue weighted by molar-refractivity contribution is -0.445. The summed E-state index contributed by atoms with van der Waals surface area (Å²) < 4.78 is 76.8. The molecule has 1 N–H and O–H groups in total. The minimum atomic E-state index is -4.96. The average Bonchev–Trinajstić information content (AvgIpc) is 2.72. The van der Waals surface area contributed by atoms with E-state index >= 15 is 0 Å². The molecule has 0 heterocycles. The van der Waals surface area contributed by atoms with Gasteiger partial charge in [-0.15, -0.1) is 26.3 Å². The van der Waals surface area contributed by atoms with Crippen LogP contribution in [-0.4, -0.2) is 36.5 Å². The van der Waals surface area contributed by atoms with Crippen LogP contribution in [0.15, 0.2) is 30.3 Å². The number of carbonyl (C=O) groups is 2. The fraction of sp³-hybridized carbons (Fsp3) is 0.333. The number of amides is 2. The van der Waals surface area contributed by atoms with Crippen molar-refractivity contribution in [3.05, 3.63) is 61.6 Å². The lowest BCUT2D eigenvalue weighted by atomic mass is 10.2. The van der Waals surface area contributed by atoms with Crippen molar-refractivity contribution in [3.8, 4) is 5.75 Å². The summed E-state index contributed by atoms with van der Waals surface area (Å²) in [4.78, 5) is 33.9. The van der Waals surface area contributed by atoms with Gasteiger partial charge in [0.25, 0.3) is 0 Å². The largest absolute Gasteiger partial charge is 0.573 e. The van der Waals surface area contributed by atoms with Gasteiger partial charge in [0.2, 0.25) is 11.8 Å². The van der Waals surface area contributed by atoms with Gasteiger partial charge in [-0.2, -0.15) is 9.90 Å². The van der Waals surface area contributed by atoms with E-state index < -0.39 is 35.2 Å². The summed E-state index contributed by atoms with van der Waals surface area (Å²) in [6.45, 7) is 5.19. The first kappa shape index (κ1) is 34.7. The molecule has 0 saturated heterocycles. The number of alkyl halides is 6. The number of benzene rings is 2. The number of nitrogens with zero attached hydrogens (tertiary/aromatic N) is 2. The Bertz CT molecular complexity index is 1140. The lowest BCUT2D eigenvalue weighted by Crippen LogP contribution is -2.35. The Morgan fingerprint density at radius 3 is 1.89 bits per heavy atom. The van der Waals surface area contributed by atoms with Gasteiger partial charge in [-0.3, -0.25) is 19.7 Å². The number of nitro groups is 1. The second-order valence-electron chi connectivity index (χ2n) is 7.04. The third-order valence-electron chi connectivity index (χ3n) is 3.62. The van der Waals surface area contributed by atoms with Gasteiger partial charge in [0.05, 0.1) is 15.7 Å². The summed E-state index contributed by atoms with van der Waals surface area (Å²) in [5.74, 6) is -1.96. The topological polar surface area (TPSA) is 111 Å². The summed E-state index contributed by atoms with van der Waals surface area (Å²) in [5.41, 5.74) is 0.546. The number of aryl methyl sites for hydroxylation is 2. The van der Waals surface area contributed by atoms with Crippen molar-refractivity contribution in [1.82, 2.24) is 0 Å². The number of carbonyl (C=O) groups excluding carboxylic acids is 2. The molecule has 2 rings (SSSR count). The first-order valence-electron chi connectivity index (χ1n) is 9.87. The van der Waals surface area contributed by atoms with Gasteiger partial charge in [-0.1, -0.05) is 35.3 Å². The predicted octanol–water partition coefficient (Wildman–Crippen LogP) is 6.85. The highest BCUT2D eigenvalue weighted by Crippen LogP contribution is 2.38. The van der Waals surface area contributed by atoms with Crippen LogP contribution >= 0.6 is 23.2 Å². The highest BCUT2D eigenvalue weighted by atomic mass is 35.5. The Morgan fingerprint density at radius 1 is 0.974 bits per heavy atom. The lowest BCUT2D eigenvalue weighted by Gasteiger charge is -2.22. The second kappa shape index (κ2) is 14.6. The smallest absolute Gasteiger partial charge is 0.403 e. The molecule has 0 unspecified atom stereocenters. The molecule has 212 valence electrons. The van der Waals surface area contributed by atoms with Crippen LogP contribution in [0.4, 0.5) is 37.7 Å². The zero-order valence-electron chi connectivity index (χ0n) is 20.3. The number of ether oxygens (including phenoxy) is 1. The van der Waals surface area contributed by atoms with E-state index in [-0.39, 0.29) is 32.0 Å². The molecule has 0 aromatic heterocycles. The number of hydrogen-bond donors (Lipinski definition) is 1. The van der Waals surface area contributed by atoms with E-state index in [1.165, 1.54) is 31.2 Å². The van der Waals surface area contributed by atoms with Crippen molar-refractivity contribution in [2.45, 2.75) is 40.4 Å². The highest BCUT2D eigenvalue weighted by molar-refractivity contribution is 6.34. The van der Waals surface area contributed by atoms with E-state index in [1.807, 2.05) is 0 Å². The van der Waals surface area contributed by atoms with Gasteiger partial charge in [0.15, 0.2) is 12.8 Å². The van der Waals surface area contributed by atoms with Crippen LogP contribution in [0.25, 0.3) is 0 Å². The van der Waals surface area contributed by atoms with Gasteiger partial charge in [0.1, 0.15) is 5.69 Å². The fourth-order valence-corrected chi connectivity index (χ4v) is 2.76. The molecule has 0 atom stereocenters. The second-order valence-corrected chi connectivity index (χ2v) is 7.86. The van der Waals surface area contributed by atoms with E-state index in [0.717, 1.165) is 20.9 Å². The maximum absolute atomic E-state index is 12.2. The summed E-state index contributed by atoms with van der Waals surface area (Å²) >= 11 is 11.4. The average molecular weight is 596 g/mol. The molecule has 0 aliphatic rings. The summed E-state index contributed by atoms with van der Waals surface area (Å²) in [7, 11) is 0.889. The molecule has 0 fully saturated rings. The van der Waals surface area contributed by atoms with Crippen molar-refractivity contribution < 1.29 is 50.4 Å². The van der Waals surface area contributed by atoms with Crippen molar-refractivity contribution >= 4 is 46.4 Å². The van der Waals surface area contributed by atoms with Gasteiger partial charge in [0, 0.05) is 18.8 Å². The molecule has 0 aliphatic carbocycles. The zero-order chi connectivity index (χ0) is 30.0. The Balaban J connectivity index is 0.000000632. The van der Waals surface area contributed by atoms with Crippen LogP contribution in [0.2, 0.25) is 10.0 Å². The standard InChI is InChI=1S/2C10H9ClF3NO2.CH3NO2/c1-6-3-4-8(11)9(5-6)15(7(2)16)17-10(12,13)14;1-5-3-4-7(11)8(15-6(2)16)9(5)17-10(12,13)14;1-2(3)4/h3-5H,1-2H3;3-4H,1-2H3,(H,15,16);1H3. The summed E-state index contributed by atoms with van der Waals surface area (Å²) in [6, 6.07) is 7.08. The third kappa shape index (κ3) is 13.9. The molecule has 2 amide bonds. The molecule has 0 saturated carbocycles. The zero-order valence-corrected chi connectivity index (χ0v) is 21.8. The number of halogens is 8. The SMILES string of the molecule is CC(=O)N(OC(F)(F)F)c1cc(C)ccc1Cl.CC(=O)Nc1c(Cl)ccc(C)c1OC(F)(F)F.C[N+](=O)[O-]. The quantitative estimate of drug-likeness (QED) is 0.235. The van der Waals surface area contributed by atoms with Gasteiger partial charge < -0.3 is 10.1 Å². The normalized spacial score (nSPS) is 10.8. The number of rotatable bonds is 4. The van der Waals surface area contributed by atoms with E-state index in [0.29, 0.717) is 5.56 Å². The molecule has 0 radical (unpaired) electrons. The summed E-state index contributed by atoms with van der Waals surface area (Å²) in [6.07, 6.45) is -9.80. The number of hydrogen-bond acceptors (Lipinski definition) is 6. The summed E-state index contributed by atoms with van der Waals surface area (Å²) in [5, 5.41) is 11.1. The van der Waals surface area contributed by atoms with Gasteiger partial charge in [-0.05, 0) is 43.2 Å². The fourth-order valence-electron chi connectivity index (χ4n) is 2.37. The van der Waals surface area contributed by atoms with Crippen molar-refractivity contribution in [2.75, 3.05) is 17.4 Å². The molecule has 38 heavy (non-hydrogen) atoms. The van der Waals surface area contributed by atoms with Crippen LogP contribution in [0.5, 0.6) is 5.75 Å². The molecule has 0 bridgehead atoms. The van der Waals surface area contributed by atoms with Gasteiger partial charge >= 0.3 is 12.7 Å².